The molecule has 1 aromatic carbocycles. The molecule has 2 nitrogen and oxygen atoms in total. The van der Waals surface area contributed by atoms with Gasteiger partial charge in [-0.25, -0.2) is 0 Å². The van der Waals surface area contributed by atoms with Crippen LogP contribution < -0.4 is 10.3 Å². The summed E-state index contributed by atoms with van der Waals surface area (Å²) in [5.74, 6) is 0. The Hall–Kier alpha value is -1.35. The van der Waals surface area contributed by atoms with Crippen molar-refractivity contribution in [3.8, 4) is 5.69 Å². The molecule has 0 unspecified atom stereocenters. The van der Waals surface area contributed by atoms with E-state index in [0.29, 0.717) is 0 Å². The van der Waals surface area contributed by atoms with E-state index in [2.05, 4.69) is 0 Å². The summed E-state index contributed by atoms with van der Waals surface area (Å²) in [7, 11) is 0. The molecule has 0 bridgehead atoms. The molecule has 0 amide bonds. The number of nitrogen functional groups attached to an aromatic ring is 1. The first-order valence-corrected chi connectivity index (χ1v) is 4.56. The van der Waals surface area contributed by atoms with E-state index in [1.807, 2.05) is 46.5 Å². The maximum absolute atomic E-state index is 5.75. The highest BCUT2D eigenvalue weighted by Gasteiger charge is 2.06. The summed E-state index contributed by atoms with van der Waals surface area (Å²) in [5, 5.41) is 2.78. The average molecular weight is 177 g/mol. The lowest BCUT2D eigenvalue weighted by Gasteiger charge is -1.94. The average Bonchev–Trinajstić information content (AvgIpc) is 2.53. The Kier molecular flexibility index (Phi) is 1.80. The zero-order valence-electron chi connectivity index (χ0n) is 6.47. The monoisotopic (exact) mass is 177 g/mol. The van der Waals surface area contributed by atoms with Crippen molar-refractivity contribution >= 4 is 16.5 Å². The van der Waals surface area contributed by atoms with Crippen molar-refractivity contribution in [2.24, 2.45) is 0 Å². The molecule has 60 valence electrons. The van der Waals surface area contributed by atoms with Crippen LogP contribution in [-0.2, 0) is 0 Å². The lowest BCUT2D eigenvalue weighted by molar-refractivity contribution is -0.575. The highest BCUT2D eigenvalue weighted by molar-refractivity contribution is 7.12. The summed E-state index contributed by atoms with van der Waals surface area (Å²) in [6.07, 6.45) is 1.97. The third-order valence-corrected chi connectivity index (χ3v) is 2.37. The molecular formula is C9H9N2S+. The molecule has 3 heteroatoms. The third kappa shape index (κ3) is 1.19. The van der Waals surface area contributed by atoms with E-state index in [-0.39, 0.29) is 0 Å². The molecule has 0 spiro atoms. The number of nitrogens with zero attached hydrogens (tertiary/aromatic N) is 1. The smallest absolute Gasteiger partial charge is 0.277 e. The predicted octanol–water partition coefficient (Wildman–Crippen LogP) is 1.61. The maximum Gasteiger partial charge on any atom is 0.336 e. The Labute approximate surface area is 74.9 Å². The van der Waals surface area contributed by atoms with Crippen molar-refractivity contribution in [3.63, 3.8) is 0 Å². The van der Waals surface area contributed by atoms with Gasteiger partial charge in [0.15, 0.2) is 0 Å². The van der Waals surface area contributed by atoms with E-state index in [1.54, 1.807) is 0 Å². The number of nitrogens with two attached hydrogens (primary N) is 1. The first kappa shape index (κ1) is 7.31. The first-order valence-electron chi connectivity index (χ1n) is 3.68. The van der Waals surface area contributed by atoms with Gasteiger partial charge in [-0.05, 0) is 12.1 Å². The van der Waals surface area contributed by atoms with Gasteiger partial charge in [-0.15, -0.1) is 0 Å². The van der Waals surface area contributed by atoms with E-state index < -0.39 is 0 Å². The highest BCUT2D eigenvalue weighted by Crippen LogP contribution is 2.07. The summed E-state index contributed by atoms with van der Waals surface area (Å²) < 4.78 is 1.96. The number of aromatic nitrogens is 1. The van der Waals surface area contributed by atoms with E-state index in [4.69, 9.17) is 5.73 Å². The summed E-state index contributed by atoms with van der Waals surface area (Å²) in [6, 6.07) is 10.1. The Morgan fingerprint density at radius 2 is 1.92 bits per heavy atom. The number of hydrogen-bond donors (Lipinski definition) is 1. The van der Waals surface area contributed by atoms with Crippen LogP contribution in [0.2, 0.25) is 0 Å². The number of thiazole rings is 1. The standard InChI is InChI=1S/C9H8N2S/c10-9-11(6-7-12-9)8-4-2-1-3-5-8/h1-7,10H/p+1. The first-order chi connectivity index (χ1) is 5.88. The summed E-state index contributed by atoms with van der Waals surface area (Å²) in [6.45, 7) is 0. The number of rotatable bonds is 1. The number of hydrogen-bond acceptors (Lipinski definition) is 2. The van der Waals surface area contributed by atoms with Crippen molar-refractivity contribution < 1.29 is 4.57 Å². The Morgan fingerprint density at radius 3 is 2.50 bits per heavy atom. The van der Waals surface area contributed by atoms with Gasteiger partial charge in [-0.2, -0.15) is 4.57 Å². The van der Waals surface area contributed by atoms with Gasteiger partial charge in [0.2, 0.25) is 0 Å². The van der Waals surface area contributed by atoms with Crippen LogP contribution in [0.3, 0.4) is 0 Å². The zero-order valence-corrected chi connectivity index (χ0v) is 7.29. The van der Waals surface area contributed by atoms with E-state index in [9.17, 15) is 0 Å². The maximum atomic E-state index is 5.75. The minimum Gasteiger partial charge on any atom is -0.277 e. The van der Waals surface area contributed by atoms with Crippen LogP contribution in [0.25, 0.3) is 5.69 Å². The number of anilines is 1. The normalized spacial score (nSPS) is 10.0. The lowest BCUT2D eigenvalue weighted by Crippen LogP contribution is -2.30. The largest absolute Gasteiger partial charge is 0.336 e. The van der Waals surface area contributed by atoms with E-state index in [0.717, 1.165) is 10.8 Å². The molecule has 0 radical (unpaired) electrons. The molecule has 0 aliphatic carbocycles. The van der Waals surface area contributed by atoms with Gasteiger partial charge < -0.3 is 0 Å². The summed E-state index contributed by atoms with van der Waals surface area (Å²) in [5.41, 5.74) is 6.86. The van der Waals surface area contributed by atoms with Gasteiger partial charge in [-0.3, -0.25) is 5.73 Å². The molecule has 0 fully saturated rings. The lowest BCUT2D eigenvalue weighted by atomic mass is 10.3. The second kappa shape index (κ2) is 2.95. The quantitative estimate of drug-likeness (QED) is 0.659. The van der Waals surface area contributed by atoms with Crippen molar-refractivity contribution in [3.05, 3.63) is 41.9 Å². The molecule has 1 heterocycles. The minimum absolute atomic E-state index is 0.807. The predicted molar refractivity (Wildman–Crippen MR) is 50.3 cm³/mol. The van der Waals surface area contributed by atoms with Crippen LogP contribution >= 0.6 is 11.3 Å². The van der Waals surface area contributed by atoms with Crippen molar-refractivity contribution in [2.75, 3.05) is 5.73 Å². The fourth-order valence-electron chi connectivity index (χ4n) is 1.09. The van der Waals surface area contributed by atoms with Gasteiger partial charge in [0.25, 0.3) is 0 Å². The molecule has 2 rings (SSSR count). The third-order valence-electron chi connectivity index (χ3n) is 1.67. The molecule has 0 aliphatic heterocycles. The Balaban J connectivity index is 2.51. The van der Waals surface area contributed by atoms with Crippen LogP contribution in [0.1, 0.15) is 0 Å². The van der Waals surface area contributed by atoms with Gasteiger partial charge in [-0.1, -0.05) is 29.5 Å². The second-order valence-electron chi connectivity index (χ2n) is 2.45. The molecule has 0 atom stereocenters. The second-order valence-corrected chi connectivity index (χ2v) is 3.37. The molecular weight excluding hydrogens is 168 g/mol. The van der Waals surface area contributed by atoms with Crippen LogP contribution in [0, 0.1) is 0 Å². The van der Waals surface area contributed by atoms with Crippen LogP contribution in [0.4, 0.5) is 5.13 Å². The van der Waals surface area contributed by atoms with Gasteiger partial charge >= 0.3 is 5.13 Å². The topological polar surface area (TPSA) is 29.9 Å². The Bertz CT molecular complexity index is 367. The highest BCUT2D eigenvalue weighted by atomic mass is 32.1. The van der Waals surface area contributed by atoms with E-state index >= 15 is 0 Å². The van der Waals surface area contributed by atoms with Gasteiger partial charge in [0.05, 0.1) is 0 Å². The minimum atomic E-state index is 0.807. The molecule has 0 saturated carbocycles. The van der Waals surface area contributed by atoms with Crippen LogP contribution in [0.5, 0.6) is 0 Å². The molecule has 0 aliphatic rings. The molecule has 0 saturated heterocycles. The fraction of sp³-hybridized carbons (Fsp3) is 0. The number of para-hydroxylation sites is 1. The van der Waals surface area contributed by atoms with Crippen LogP contribution in [-0.4, -0.2) is 0 Å². The molecule has 1 aromatic heterocycles. The van der Waals surface area contributed by atoms with Gasteiger partial charge in [0, 0.05) is 5.38 Å². The van der Waals surface area contributed by atoms with Crippen LogP contribution in [0.15, 0.2) is 41.9 Å². The Morgan fingerprint density at radius 1 is 1.17 bits per heavy atom. The summed E-state index contributed by atoms with van der Waals surface area (Å²) >= 11 is 1.54. The SMILES string of the molecule is Nc1scc[n+]1-c1ccccc1. The van der Waals surface area contributed by atoms with Crippen molar-refractivity contribution in [1.29, 1.82) is 0 Å². The number of benzene rings is 1. The van der Waals surface area contributed by atoms with Gasteiger partial charge in [0.1, 0.15) is 11.9 Å². The molecule has 2 N–H and O–H groups in total. The molecule has 2 aromatic rings. The van der Waals surface area contributed by atoms with E-state index in [1.165, 1.54) is 11.3 Å². The zero-order chi connectivity index (χ0) is 8.39. The molecule has 12 heavy (non-hydrogen) atoms. The van der Waals surface area contributed by atoms with Crippen molar-refractivity contribution in [1.82, 2.24) is 0 Å². The van der Waals surface area contributed by atoms with Crippen molar-refractivity contribution in [2.45, 2.75) is 0 Å². The fourth-order valence-corrected chi connectivity index (χ4v) is 1.69. The summed E-state index contributed by atoms with van der Waals surface area (Å²) in [4.78, 5) is 0.